The maximum absolute atomic E-state index is 12.9. The largest absolute Gasteiger partial charge is 0.496 e. The van der Waals surface area contributed by atoms with Crippen LogP contribution in [0.25, 0.3) is 0 Å². The van der Waals surface area contributed by atoms with Gasteiger partial charge in [0.15, 0.2) is 0 Å². The zero-order valence-electron chi connectivity index (χ0n) is 18.5. The van der Waals surface area contributed by atoms with Crippen LogP contribution >= 0.6 is 0 Å². The van der Waals surface area contributed by atoms with Gasteiger partial charge in [-0.25, -0.2) is 0 Å². The van der Waals surface area contributed by atoms with Crippen LogP contribution in [-0.2, 0) is 6.61 Å². The first kappa shape index (κ1) is 22.8. The number of carbonyl (C=O) groups excluding carboxylic acids is 1. The van der Waals surface area contributed by atoms with Gasteiger partial charge in [0.1, 0.15) is 18.1 Å². The van der Waals surface area contributed by atoms with Gasteiger partial charge in [-0.3, -0.25) is 14.9 Å². The SMILES string of the molecule is COc1ccc(C(=O)Nc2cccc([N+](=O)[O-])c2C)cc1COc1ccccc1C(C)C. The second-order valence-electron chi connectivity index (χ2n) is 7.67. The molecule has 7 nitrogen and oxygen atoms in total. The van der Waals surface area contributed by atoms with Crippen molar-refractivity contribution in [2.45, 2.75) is 33.3 Å². The summed E-state index contributed by atoms with van der Waals surface area (Å²) in [4.78, 5) is 23.5. The van der Waals surface area contributed by atoms with Crippen molar-refractivity contribution in [3.63, 3.8) is 0 Å². The van der Waals surface area contributed by atoms with E-state index in [9.17, 15) is 14.9 Å². The summed E-state index contributed by atoms with van der Waals surface area (Å²) < 4.78 is 11.5. The second kappa shape index (κ2) is 9.96. The van der Waals surface area contributed by atoms with Crippen LogP contribution < -0.4 is 14.8 Å². The molecular weight excluding hydrogens is 408 g/mol. The zero-order chi connectivity index (χ0) is 23.3. The van der Waals surface area contributed by atoms with Crippen molar-refractivity contribution in [1.82, 2.24) is 0 Å². The number of para-hydroxylation sites is 1. The van der Waals surface area contributed by atoms with E-state index in [2.05, 4.69) is 19.2 Å². The summed E-state index contributed by atoms with van der Waals surface area (Å²) in [7, 11) is 1.56. The Labute approximate surface area is 187 Å². The Morgan fingerprint density at radius 3 is 2.50 bits per heavy atom. The molecule has 1 N–H and O–H groups in total. The van der Waals surface area contributed by atoms with Crippen molar-refractivity contribution in [1.29, 1.82) is 0 Å². The molecule has 0 atom stereocenters. The molecule has 0 aliphatic heterocycles. The van der Waals surface area contributed by atoms with E-state index in [1.54, 1.807) is 44.4 Å². The number of ether oxygens (including phenoxy) is 2. The monoisotopic (exact) mass is 434 g/mol. The second-order valence-corrected chi connectivity index (χ2v) is 7.67. The number of hydrogen-bond donors (Lipinski definition) is 1. The summed E-state index contributed by atoms with van der Waals surface area (Å²) >= 11 is 0. The average Bonchev–Trinajstić information content (AvgIpc) is 2.78. The molecule has 0 aliphatic carbocycles. The Morgan fingerprint density at radius 2 is 1.81 bits per heavy atom. The highest BCUT2D eigenvalue weighted by atomic mass is 16.6. The lowest BCUT2D eigenvalue weighted by molar-refractivity contribution is -0.385. The number of nitro benzene ring substituents is 1. The Balaban J connectivity index is 1.83. The third kappa shape index (κ3) is 5.06. The third-order valence-electron chi connectivity index (χ3n) is 5.22. The summed E-state index contributed by atoms with van der Waals surface area (Å²) in [6.45, 7) is 6.03. The summed E-state index contributed by atoms with van der Waals surface area (Å²) in [6, 6.07) is 17.5. The van der Waals surface area contributed by atoms with Gasteiger partial charge in [-0.2, -0.15) is 0 Å². The topological polar surface area (TPSA) is 90.7 Å². The summed E-state index contributed by atoms with van der Waals surface area (Å²) in [5.41, 5.74) is 2.95. The first-order valence-electron chi connectivity index (χ1n) is 10.3. The smallest absolute Gasteiger partial charge is 0.274 e. The van der Waals surface area contributed by atoms with Crippen molar-refractivity contribution >= 4 is 17.3 Å². The molecule has 0 saturated heterocycles. The van der Waals surface area contributed by atoms with E-state index in [1.165, 1.54) is 6.07 Å². The van der Waals surface area contributed by atoms with Gasteiger partial charge in [0, 0.05) is 17.2 Å². The molecule has 0 bridgehead atoms. The molecule has 3 aromatic rings. The number of nitrogens with one attached hydrogen (secondary N) is 1. The average molecular weight is 434 g/mol. The fraction of sp³-hybridized carbons (Fsp3) is 0.240. The Bertz CT molecular complexity index is 1140. The number of hydrogen-bond acceptors (Lipinski definition) is 5. The minimum atomic E-state index is -0.469. The molecule has 0 aliphatic rings. The lowest BCUT2D eigenvalue weighted by Crippen LogP contribution is -2.14. The fourth-order valence-corrected chi connectivity index (χ4v) is 3.43. The van der Waals surface area contributed by atoms with Gasteiger partial charge in [-0.15, -0.1) is 0 Å². The first-order valence-corrected chi connectivity index (χ1v) is 10.3. The number of rotatable bonds is 8. The number of nitro groups is 1. The summed E-state index contributed by atoms with van der Waals surface area (Å²) in [6.07, 6.45) is 0. The predicted molar refractivity (Wildman–Crippen MR) is 124 cm³/mol. The van der Waals surface area contributed by atoms with Crippen molar-refractivity contribution in [2.24, 2.45) is 0 Å². The minimum absolute atomic E-state index is 0.0459. The van der Waals surface area contributed by atoms with Crippen LogP contribution in [0.3, 0.4) is 0 Å². The van der Waals surface area contributed by atoms with Gasteiger partial charge in [-0.05, 0) is 48.7 Å². The molecular formula is C25H26N2O5. The van der Waals surface area contributed by atoms with Crippen molar-refractivity contribution in [2.75, 3.05) is 12.4 Å². The fourth-order valence-electron chi connectivity index (χ4n) is 3.43. The van der Waals surface area contributed by atoms with Crippen LogP contribution in [0.5, 0.6) is 11.5 Å². The van der Waals surface area contributed by atoms with Crippen LogP contribution in [0, 0.1) is 17.0 Å². The van der Waals surface area contributed by atoms with Crippen molar-refractivity contribution < 1.29 is 19.2 Å². The molecule has 3 aromatic carbocycles. The molecule has 7 heteroatoms. The quantitative estimate of drug-likeness (QED) is 0.354. The highest BCUT2D eigenvalue weighted by molar-refractivity contribution is 6.05. The molecule has 0 radical (unpaired) electrons. The number of amides is 1. The van der Waals surface area contributed by atoms with Gasteiger partial charge in [0.05, 0.1) is 23.3 Å². The van der Waals surface area contributed by atoms with Gasteiger partial charge in [0.2, 0.25) is 0 Å². The van der Waals surface area contributed by atoms with Crippen LogP contribution in [0.4, 0.5) is 11.4 Å². The van der Waals surface area contributed by atoms with Gasteiger partial charge in [-0.1, -0.05) is 38.1 Å². The number of anilines is 1. The number of benzene rings is 3. The Hall–Kier alpha value is -3.87. The van der Waals surface area contributed by atoms with Crippen molar-refractivity contribution in [3.8, 4) is 11.5 Å². The van der Waals surface area contributed by atoms with Crippen LogP contribution in [0.2, 0.25) is 0 Å². The van der Waals surface area contributed by atoms with Crippen LogP contribution in [0.1, 0.15) is 46.8 Å². The Morgan fingerprint density at radius 1 is 1.06 bits per heavy atom. The van der Waals surface area contributed by atoms with E-state index < -0.39 is 4.92 Å². The van der Waals surface area contributed by atoms with E-state index in [1.807, 2.05) is 24.3 Å². The van der Waals surface area contributed by atoms with E-state index in [0.29, 0.717) is 28.5 Å². The molecule has 0 aromatic heterocycles. The highest BCUT2D eigenvalue weighted by Crippen LogP contribution is 2.29. The molecule has 0 saturated carbocycles. The molecule has 0 heterocycles. The number of nitrogens with zero attached hydrogens (tertiary/aromatic N) is 1. The molecule has 0 unspecified atom stereocenters. The maximum atomic E-state index is 12.9. The summed E-state index contributed by atoms with van der Waals surface area (Å²) in [5, 5.41) is 13.9. The molecule has 32 heavy (non-hydrogen) atoms. The van der Waals surface area contributed by atoms with Crippen LogP contribution in [0.15, 0.2) is 60.7 Å². The standard InChI is InChI=1S/C25H26N2O5/c1-16(2)20-8-5-6-11-24(20)32-15-19-14-18(12-13-23(19)31-4)25(28)26-21-9-7-10-22(17(21)3)27(29)30/h5-14,16H,15H2,1-4H3,(H,26,28). The zero-order valence-corrected chi connectivity index (χ0v) is 18.5. The third-order valence-corrected chi connectivity index (χ3v) is 5.22. The summed E-state index contributed by atoms with van der Waals surface area (Å²) in [5.74, 6) is 1.32. The minimum Gasteiger partial charge on any atom is -0.496 e. The molecule has 1 amide bonds. The van der Waals surface area contributed by atoms with Gasteiger partial charge in [0.25, 0.3) is 11.6 Å². The number of carbonyl (C=O) groups is 1. The maximum Gasteiger partial charge on any atom is 0.274 e. The van der Waals surface area contributed by atoms with E-state index in [4.69, 9.17) is 9.47 Å². The lowest BCUT2D eigenvalue weighted by Gasteiger charge is -2.16. The van der Waals surface area contributed by atoms with Gasteiger partial charge >= 0.3 is 0 Å². The number of methoxy groups -OCH3 is 1. The lowest BCUT2D eigenvalue weighted by atomic mass is 10.0. The van der Waals surface area contributed by atoms with E-state index in [0.717, 1.165) is 16.9 Å². The van der Waals surface area contributed by atoms with Gasteiger partial charge < -0.3 is 14.8 Å². The molecule has 3 rings (SSSR count). The first-order chi connectivity index (χ1) is 15.3. The molecule has 166 valence electrons. The van der Waals surface area contributed by atoms with Crippen molar-refractivity contribution in [3.05, 3.63) is 93.0 Å². The molecule has 0 fully saturated rings. The predicted octanol–water partition coefficient (Wildman–Crippen LogP) is 5.87. The molecule has 0 spiro atoms. The normalized spacial score (nSPS) is 10.7. The van der Waals surface area contributed by atoms with E-state index >= 15 is 0 Å². The Kier molecular flexibility index (Phi) is 7.10. The van der Waals surface area contributed by atoms with E-state index in [-0.39, 0.29) is 18.2 Å². The van der Waals surface area contributed by atoms with Crippen LogP contribution in [-0.4, -0.2) is 17.9 Å². The highest BCUT2D eigenvalue weighted by Gasteiger charge is 2.17.